The van der Waals surface area contributed by atoms with Gasteiger partial charge in [-0.3, -0.25) is 53.4 Å². The van der Waals surface area contributed by atoms with Crippen LogP contribution in [0.15, 0.2) is 30.3 Å². The lowest BCUT2D eigenvalue weighted by Gasteiger charge is -2.26. The largest absolute Gasteiger partial charge is 0.370 e. The summed E-state index contributed by atoms with van der Waals surface area (Å²) in [5.74, 6) is -7.04. The molecule has 3 unspecified atom stereocenters. The van der Waals surface area contributed by atoms with Crippen LogP contribution in [0.2, 0.25) is 0 Å². The lowest BCUT2D eigenvalue weighted by atomic mass is 10.0. The summed E-state index contributed by atoms with van der Waals surface area (Å²) in [6, 6.07) is 2.52. The molecule has 23 heteroatoms. The van der Waals surface area contributed by atoms with Crippen molar-refractivity contribution in [3.63, 3.8) is 0 Å². The minimum Gasteiger partial charge on any atom is -0.370 e. The number of rotatable bonds is 29. The van der Waals surface area contributed by atoms with E-state index in [1.807, 2.05) is 30.3 Å². The van der Waals surface area contributed by atoms with E-state index >= 15 is 0 Å². The molecule has 1 rings (SSSR count). The summed E-state index contributed by atoms with van der Waals surface area (Å²) in [4.78, 5) is 124. The number of guanidine groups is 1. The van der Waals surface area contributed by atoms with Crippen LogP contribution >= 0.6 is 0 Å². The van der Waals surface area contributed by atoms with Crippen LogP contribution in [0.25, 0.3) is 0 Å². The van der Waals surface area contributed by atoms with E-state index in [1.165, 1.54) is 13.8 Å². The van der Waals surface area contributed by atoms with Crippen LogP contribution in [0.1, 0.15) is 71.3 Å². The molecule has 23 nitrogen and oxygen atoms in total. The van der Waals surface area contributed by atoms with Gasteiger partial charge in [0.25, 0.3) is 0 Å². The number of nitrogens with two attached hydrogens (primary N) is 3. The first kappa shape index (κ1) is 51.2. The Kier molecular flexibility index (Phi) is 23.7. The quantitative estimate of drug-likeness (QED) is 0.0157. The Morgan fingerprint density at radius 3 is 1.78 bits per heavy atom. The fraction of sp³-hybridized carbons (Fsp3) is 0.541. The molecule has 10 amide bonds. The van der Waals surface area contributed by atoms with Gasteiger partial charge in [-0.2, -0.15) is 0 Å². The zero-order valence-electron chi connectivity index (χ0n) is 34.0. The van der Waals surface area contributed by atoms with Crippen molar-refractivity contribution in [2.75, 3.05) is 19.6 Å². The van der Waals surface area contributed by atoms with Gasteiger partial charge in [-0.05, 0) is 57.9 Å². The van der Waals surface area contributed by atoms with E-state index in [1.54, 1.807) is 6.92 Å². The molecule has 0 spiro atoms. The molecule has 60 heavy (non-hydrogen) atoms. The average molecular weight is 846 g/mol. The van der Waals surface area contributed by atoms with Crippen molar-refractivity contribution in [1.29, 1.82) is 5.41 Å². The van der Waals surface area contributed by atoms with Crippen LogP contribution in [-0.2, 0) is 54.4 Å². The third-order valence-electron chi connectivity index (χ3n) is 8.55. The summed E-state index contributed by atoms with van der Waals surface area (Å²) >= 11 is 0. The van der Waals surface area contributed by atoms with E-state index in [0.29, 0.717) is 12.8 Å². The lowest BCUT2D eigenvalue weighted by Crippen LogP contribution is -2.58. The second-order valence-corrected chi connectivity index (χ2v) is 13.9. The van der Waals surface area contributed by atoms with Gasteiger partial charge in [0.15, 0.2) is 5.96 Å². The minimum absolute atomic E-state index is 0.00440. The molecule has 1 aromatic carbocycles. The molecule has 0 aromatic heterocycles. The van der Waals surface area contributed by atoms with Crippen molar-refractivity contribution in [3.05, 3.63) is 35.9 Å². The second-order valence-electron chi connectivity index (χ2n) is 13.9. The van der Waals surface area contributed by atoms with Crippen molar-refractivity contribution in [3.8, 4) is 0 Å². The second kappa shape index (κ2) is 27.8. The van der Waals surface area contributed by atoms with E-state index in [9.17, 15) is 47.9 Å². The summed E-state index contributed by atoms with van der Waals surface area (Å²) in [6.07, 6.45) is -0.0319. The molecule has 0 fully saturated rings. The third kappa shape index (κ3) is 22.2. The maximum Gasteiger partial charge on any atom is 0.243 e. The van der Waals surface area contributed by atoms with E-state index < -0.39 is 95.8 Å². The zero-order chi connectivity index (χ0) is 45.2. The number of amides is 10. The van der Waals surface area contributed by atoms with Crippen LogP contribution in [0.4, 0.5) is 0 Å². The SMILES string of the molecule is CC(=O)N[C@@H](CCCNC(=N)N)C(=O)NC(CCC(=O)NCCCC(NC(=O)[C@H](C)NC(=O)CNC=O)C(N)=O)C(=O)N[C@@H](CC(N)=O)C(=O)NC(C)Cc1ccccc1. The number of primary amides is 2. The van der Waals surface area contributed by atoms with Crippen LogP contribution in [0.3, 0.4) is 0 Å². The topological polar surface area (TPSA) is 381 Å². The van der Waals surface area contributed by atoms with Crippen LogP contribution in [-0.4, -0.2) is 121 Å². The summed E-state index contributed by atoms with van der Waals surface area (Å²) in [5, 5.41) is 29.6. The number of hydrogen-bond donors (Lipinski definition) is 13. The van der Waals surface area contributed by atoms with E-state index in [0.717, 1.165) is 5.56 Å². The molecule has 0 radical (unpaired) electrons. The van der Waals surface area contributed by atoms with Crippen LogP contribution < -0.4 is 65.1 Å². The molecular weight excluding hydrogens is 786 g/mol. The Morgan fingerprint density at radius 2 is 1.22 bits per heavy atom. The van der Waals surface area contributed by atoms with Crippen molar-refractivity contribution in [1.82, 2.24) is 47.9 Å². The molecule has 0 aliphatic heterocycles. The van der Waals surface area contributed by atoms with E-state index in [4.69, 9.17) is 22.6 Å². The smallest absolute Gasteiger partial charge is 0.243 e. The van der Waals surface area contributed by atoms with Gasteiger partial charge in [0.2, 0.25) is 59.6 Å². The molecule has 1 aromatic rings. The Labute approximate surface area is 347 Å². The van der Waals surface area contributed by atoms with Gasteiger partial charge in [0, 0.05) is 32.5 Å². The molecule has 0 aliphatic rings. The van der Waals surface area contributed by atoms with Gasteiger partial charge in [-0.25, -0.2) is 0 Å². The lowest BCUT2D eigenvalue weighted by molar-refractivity contribution is -0.135. The molecule has 0 saturated heterocycles. The molecule has 0 aliphatic carbocycles. The van der Waals surface area contributed by atoms with Crippen LogP contribution in [0, 0.1) is 5.41 Å². The number of hydrogen-bond acceptors (Lipinski definition) is 11. The summed E-state index contributed by atoms with van der Waals surface area (Å²) in [5.41, 5.74) is 17.1. The van der Waals surface area contributed by atoms with E-state index in [-0.39, 0.29) is 64.1 Å². The Morgan fingerprint density at radius 1 is 0.667 bits per heavy atom. The first-order valence-electron chi connectivity index (χ1n) is 19.2. The Balaban J connectivity index is 3.06. The Bertz CT molecular complexity index is 1660. The van der Waals surface area contributed by atoms with Gasteiger partial charge in [0.05, 0.1) is 13.0 Å². The van der Waals surface area contributed by atoms with Crippen molar-refractivity contribution < 1.29 is 47.9 Å². The average Bonchev–Trinajstić information content (AvgIpc) is 3.17. The number of nitrogens with one attached hydrogen (secondary N) is 10. The third-order valence-corrected chi connectivity index (χ3v) is 8.55. The monoisotopic (exact) mass is 845 g/mol. The minimum atomic E-state index is -1.47. The normalized spacial score (nSPS) is 13.5. The molecule has 0 saturated carbocycles. The van der Waals surface area contributed by atoms with Crippen molar-refractivity contribution in [2.24, 2.45) is 17.2 Å². The zero-order valence-corrected chi connectivity index (χ0v) is 34.0. The highest BCUT2D eigenvalue weighted by Gasteiger charge is 2.31. The molecule has 16 N–H and O–H groups in total. The Hall–Kier alpha value is -6.81. The van der Waals surface area contributed by atoms with Gasteiger partial charge in [-0.1, -0.05) is 30.3 Å². The fourth-order valence-electron chi connectivity index (χ4n) is 5.60. The number of carbonyl (C=O) groups is 10. The number of benzene rings is 1. The highest BCUT2D eigenvalue weighted by atomic mass is 16.2. The first-order chi connectivity index (χ1) is 28.3. The maximum atomic E-state index is 13.7. The van der Waals surface area contributed by atoms with Crippen molar-refractivity contribution >= 4 is 65.5 Å². The van der Waals surface area contributed by atoms with Crippen molar-refractivity contribution in [2.45, 2.75) is 108 Å². The van der Waals surface area contributed by atoms with Crippen LogP contribution in [0.5, 0.6) is 0 Å². The maximum absolute atomic E-state index is 13.7. The standard InChI is InChI=1S/C37H59N13O10/c1-21(17-24-9-5-4-6-10-24)45-36(60)28(18-29(38)53)50-35(59)27(49-34(58)26(47-23(3)52)12-8-16-44-37(40)41)13-14-30(54)43-15-7-11-25(32(39)56)48-33(57)22(2)46-31(55)19-42-20-51/h4-6,9-10,20-22,25-28H,7-8,11-19H2,1-3H3,(H2,38,53)(H2,39,56)(H,42,51)(H,43,54)(H,45,60)(H,46,55)(H,47,52)(H,48,57)(H,49,58)(H,50,59)(H4,40,41,44)/t21?,22-,25?,26-,27?,28-/m0/s1. The predicted octanol–water partition coefficient (Wildman–Crippen LogP) is -4.76. The molecule has 0 heterocycles. The van der Waals surface area contributed by atoms with Gasteiger partial charge < -0.3 is 65.1 Å². The summed E-state index contributed by atoms with van der Waals surface area (Å²) < 4.78 is 0. The van der Waals surface area contributed by atoms with Gasteiger partial charge >= 0.3 is 0 Å². The van der Waals surface area contributed by atoms with Gasteiger partial charge in [-0.15, -0.1) is 0 Å². The predicted molar refractivity (Wildman–Crippen MR) is 216 cm³/mol. The van der Waals surface area contributed by atoms with E-state index in [2.05, 4.69) is 47.9 Å². The number of carbonyl (C=O) groups excluding carboxylic acids is 10. The molecule has 6 atom stereocenters. The molecule has 0 bridgehead atoms. The highest BCUT2D eigenvalue weighted by Crippen LogP contribution is 2.07. The first-order valence-corrected chi connectivity index (χ1v) is 19.2. The highest BCUT2D eigenvalue weighted by molar-refractivity contribution is 5.96. The molecule has 332 valence electrons. The fourth-order valence-corrected chi connectivity index (χ4v) is 5.60. The molecular formula is C37H59N13O10. The summed E-state index contributed by atoms with van der Waals surface area (Å²) in [6.45, 7) is 4.10. The van der Waals surface area contributed by atoms with Gasteiger partial charge in [0.1, 0.15) is 30.2 Å². The summed E-state index contributed by atoms with van der Waals surface area (Å²) in [7, 11) is 0.